The van der Waals surface area contributed by atoms with Gasteiger partial charge in [-0.2, -0.15) is 5.10 Å². The molecule has 3 heterocycles. The van der Waals surface area contributed by atoms with E-state index >= 15 is 0 Å². The molecule has 1 aliphatic heterocycles. The van der Waals surface area contributed by atoms with Crippen LogP contribution in [0.3, 0.4) is 0 Å². The third-order valence-corrected chi connectivity index (χ3v) is 5.49. The third-order valence-electron chi connectivity index (χ3n) is 4.93. The second-order valence-corrected chi connectivity index (χ2v) is 7.75. The van der Waals surface area contributed by atoms with Crippen LogP contribution in [0.2, 0.25) is 10.0 Å². The van der Waals surface area contributed by atoms with E-state index in [4.69, 9.17) is 27.9 Å². The van der Waals surface area contributed by atoms with Crippen molar-refractivity contribution >= 4 is 29.1 Å². The van der Waals surface area contributed by atoms with E-state index in [1.54, 1.807) is 29.2 Å². The largest absolute Gasteiger partial charge is 0.379 e. The van der Waals surface area contributed by atoms with Gasteiger partial charge in [0, 0.05) is 48.3 Å². The molecular formula is C21H21Cl2N5O2. The lowest BCUT2D eigenvalue weighted by atomic mass is 10.0. The molecule has 7 nitrogen and oxygen atoms in total. The van der Waals surface area contributed by atoms with Crippen LogP contribution in [0.1, 0.15) is 17.2 Å². The molecule has 0 spiro atoms. The molecule has 0 aliphatic carbocycles. The van der Waals surface area contributed by atoms with Gasteiger partial charge in [-0.05, 0) is 41.5 Å². The fourth-order valence-electron chi connectivity index (χ4n) is 3.45. The maximum atomic E-state index is 13.2. The Morgan fingerprint density at radius 1 is 1.17 bits per heavy atom. The van der Waals surface area contributed by atoms with Crippen LogP contribution in [0.15, 0.2) is 55.0 Å². The normalized spacial score (nSPS) is 15.7. The highest BCUT2D eigenvalue weighted by Gasteiger charge is 2.30. The predicted octanol–water partition coefficient (Wildman–Crippen LogP) is 3.26. The number of carbonyl (C=O) groups excluding carboxylic acids is 1. The smallest absolute Gasteiger partial charge is 0.242 e. The molecule has 1 N–H and O–H groups in total. The minimum absolute atomic E-state index is 0.126. The number of pyridine rings is 1. The first kappa shape index (κ1) is 20.8. The Bertz CT molecular complexity index is 1010. The summed E-state index contributed by atoms with van der Waals surface area (Å²) in [5.41, 5.74) is 1.65. The third kappa shape index (κ3) is 4.82. The molecule has 3 aromatic rings. The summed E-state index contributed by atoms with van der Waals surface area (Å²) in [5.74, 6) is 0.566. The molecule has 156 valence electrons. The standard InChI is InChI=1S/C21H21Cl2N5O2/c22-16-2-3-17(18(23)13-16)20(27-8-10-30-11-9-27)21(29)25-14-15-4-6-24-19(12-15)28-7-1-5-26-28/h1-7,12-13,20H,8-11,14H2,(H,25,29)/t20-/m1/s1. The molecule has 1 saturated heterocycles. The number of morpholine rings is 1. The van der Waals surface area contributed by atoms with Crippen LogP contribution in [0.5, 0.6) is 0 Å². The Balaban J connectivity index is 1.53. The lowest BCUT2D eigenvalue weighted by molar-refractivity contribution is -0.128. The van der Waals surface area contributed by atoms with E-state index in [0.717, 1.165) is 11.1 Å². The molecule has 1 amide bonds. The van der Waals surface area contributed by atoms with E-state index in [1.165, 1.54) is 0 Å². The van der Waals surface area contributed by atoms with Crippen LogP contribution in [0, 0.1) is 0 Å². The van der Waals surface area contributed by atoms with E-state index in [9.17, 15) is 4.79 Å². The van der Waals surface area contributed by atoms with E-state index in [-0.39, 0.29) is 5.91 Å². The fraction of sp³-hybridized carbons (Fsp3) is 0.286. The summed E-state index contributed by atoms with van der Waals surface area (Å²) < 4.78 is 7.13. The average Bonchev–Trinajstić information content (AvgIpc) is 3.30. The van der Waals surface area contributed by atoms with Gasteiger partial charge < -0.3 is 10.1 Å². The van der Waals surface area contributed by atoms with Gasteiger partial charge in [-0.25, -0.2) is 9.67 Å². The van der Waals surface area contributed by atoms with Crippen molar-refractivity contribution in [2.24, 2.45) is 0 Å². The van der Waals surface area contributed by atoms with Crippen molar-refractivity contribution in [3.63, 3.8) is 0 Å². The quantitative estimate of drug-likeness (QED) is 0.630. The maximum absolute atomic E-state index is 13.2. The topological polar surface area (TPSA) is 72.3 Å². The SMILES string of the molecule is O=C(NCc1ccnc(-n2cccn2)c1)[C@@H](c1ccc(Cl)cc1Cl)N1CCOCC1. The van der Waals surface area contributed by atoms with Gasteiger partial charge in [0.05, 0.1) is 13.2 Å². The number of rotatable bonds is 6. The van der Waals surface area contributed by atoms with Crippen LogP contribution < -0.4 is 5.32 Å². The summed E-state index contributed by atoms with van der Waals surface area (Å²) >= 11 is 12.5. The van der Waals surface area contributed by atoms with Gasteiger partial charge in [0.2, 0.25) is 5.91 Å². The minimum Gasteiger partial charge on any atom is -0.379 e. The number of aromatic nitrogens is 3. The molecular weight excluding hydrogens is 425 g/mol. The molecule has 0 bridgehead atoms. The number of hydrogen-bond donors (Lipinski definition) is 1. The highest BCUT2D eigenvalue weighted by molar-refractivity contribution is 6.35. The second-order valence-electron chi connectivity index (χ2n) is 6.91. The van der Waals surface area contributed by atoms with Gasteiger partial charge in [-0.3, -0.25) is 9.69 Å². The Labute approximate surface area is 184 Å². The number of hydrogen-bond acceptors (Lipinski definition) is 5. The summed E-state index contributed by atoms with van der Waals surface area (Å²) in [6, 6.07) is 10.3. The van der Waals surface area contributed by atoms with Crippen molar-refractivity contribution in [1.82, 2.24) is 25.0 Å². The summed E-state index contributed by atoms with van der Waals surface area (Å²) in [6.45, 7) is 2.81. The second kappa shape index (κ2) is 9.57. The summed E-state index contributed by atoms with van der Waals surface area (Å²) in [4.78, 5) is 19.6. The summed E-state index contributed by atoms with van der Waals surface area (Å²) in [6.07, 6.45) is 5.22. The first-order valence-electron chi connectivity index (χ1n) is 9.61. The van der Waals surface area contributed by atoms with Gasteiger partial charge >= 0.3 is 0 Å². The number of benzene rings is 1. The zero-order valence-electron chi connectivity index (χ0n) is 16.2. The first-order valence-corrected chi connectivity index (χ1v) is 10.4. The van der Waals surface area contributed by atoms with Crippen LogP contribution in [0.4, 0.5) is 0 Å². The Kier molecular flexibility index (Phi) is 6.64. The van der Waals surface area contributed by atoms with Crippen LogP contribution in [0.25, 0.3) is 5.82 Å². The zero-order valence-corrected chi connectivity index (χ0v) is 17.7. The molecule has 0 saturated carbocycles. The summed E-state index contributed by atoms with van der Waals surface area (Å²) in [7, 11) is 0. The van der Waals surface area contributed by atoms with E-state index in [1.807, 2.05) is 30.5 Å². The van der Waals surface area contributed by atoms with Crippen molar-refractivity contribution in [1.29, 1.82) is 0 Å². The molecule has 0 radical (unpaired) electrons. The van der Waals surface area contributed by atoms with Crippen molar-refractivity contribution in [2.45, 2.75) is 12.6 Å². The molecule has 1 aliphatic rings. The monoisotopic (exact) mass is 445 g/mol. The Hall–Kier alpha value is -2.45. The zero-order chi connectivity index (χ0) is 20.9. The number of ether oxygens (including phenoxy) is 1. The van der Waals surface area contributed by atoms with Crippen LogP contribution >= 0.6 is 23.2 Å². The maximum Gasteiger partial charge on any atom is 0.242 e. The summed E-state index contributed by atoms with van der Waals surface area (Å²) in [5, 5.41) is 8.24. The van der Waals surface area contributed by atoms with Crippen LogP contribution in [-0.4, -0.2) is 51.9 Å². The molecule has 1 aromatic carbocycles. The minimum atomic E-state index is -0.522. The Morgan fingerprint density at radius 3 is 2.73 bits per heavy atom. The number of nitrogens with zero attached hydrogens (tertiary/aromatic N) is 4. The van der Waals surface area contributed by atoms with Crippen molar-refractivity contribution < 1.29 is 9.53 Å². The lowest BCUT2D eigenvalue weighted by Crippen LogP contribution is -2.45. The van der Waals surface area contributed by atoms with Gasteiger partial charge in [0.1, 0.15) is 6.04 Å². The van der Waals surface area contributed by atoms with Crippen molar-refractivity contribution in [2.75, 3.05) is 26.3 Å². The van der Waals surface area contributed by atoms with E-state index in [0.29, 0.717) is 48.7 Å². The number of amides is 1. The Morgan fingerprint density at radius 2 is 2.00 bits per heavy atom. The molecule has 1 atom stereocenters. The van der Waals surface area contributed by atoms with Gasteiger partial charge in [-0.1, -0.05) is 29.3 Å². The molecule has 1 fully saturated rings. The van der Waals surface area contributed by atoms with Crippen LogP contribution in [-0.2, 0) is 16.1 Å². The molecule has 2 aromatic heterocycles. The van der Waals surface area contributed by atoms with Gasteiger partial charge in [0.25, 0.3) is 0 Å². The number of nitrogens with one attached hydrogen (secondary N) is 1. The van der Waals surface area contributed by atoms with E-state index < -0.39 is 6.04 Å². The predicted molar refractivity (Wildman–Crippen MR) is 115 cm³/mol. The van der Waals surface area contributed by atoms with Crippen molar-refractivity contribution in [3.8, 4) is 5.82 Å². The average molecular weight is 446 g/mol. The first-order chi connectivity index (χ1) is 14.6. The van der Waals surface area contributed by atoms with Gasteiger partial charge in [-0.15, -0.1) is 0 Å². The molecule has 0 unspecified atom stereocenters. The van der Waals surface area contributed by atoms with Crippen molar-refractivity contribution in [3.05, 3.63) is 76.2 Å². The molecule has 4 rings (SSSR count). The fourth-order valence-corrected chi connectivity index (χ4v) is 3.96. The van der Waals surface area contributed by atoms with Gasteiger partial charge in [0.15, 0.2) is 5.82 Å². The highest BCUT2D eigenvalue weighted by atomic mass is 35.5. The highest BCUT2D eigenvalue weighted by Crippen LogP contribution is 2.31. The number of carbonyl (C=O) groups is 1. The van der Waals surface area contributed by atoms with E-state index in [2.05, 4.69) is 20.3 Å². The molecule has 9 heteroatoms. The molecule has 30 heavy (non-hydrogen) atoms. The lowest BCUT2D eigenvalue weighted by Gasteiger charge is -2.34. The number of halogens is 2.